The van der Waals surface area contributed by atoms with Gasteiger partial charge in [-0.05, 0) is 13.8 Å². The molecule has 0 saturated carbocycles. The summed E-state index contributed by atoms with van der Waals surface area (Å²) in [4.78, 5) is 20.2. The Morgan fingerprint density at radius 2 is 2.05 bits per heavy atom. The van der Waals surface area contributed by atoms with Gasteiger partial charge in [0, 0.05) is 11.6 Å². The second-order valence-corrected chi connectivity index (χ2v) is 4.49. The van der Waals surface area contributed by atoms with Gasteiger partial charge in [0.25, 0.3) is 0 Å². The first-order valence-electron chi connectivity index (χ1n) is 6.73. The molecule has 6 heteroatoms. The van der Waals surface area contributed by atoms with Crippen molar-refractivity contribution in [3.05, 3.63) is 36.4 Å². The number of anilines is 2. The van der Waals surface area contributed by atoms with Gasteiger partial charge in [-0.2, -0.15) is 0 Å². The Hall–Kier alpha value is -2.63. The van der Waals surface area contributed by atoms with Crippen molar-refractivity contribution in [2.24, 2.45) is 0 Å². The molecule has 0 aliphatic heterocycles. The fraction of sp³-hybridized carbons (Fsp3) is 0.267. The molecule has 3 N–H and O–H groups in total. The van der Waals surface area contributed by atoms with E-state index in [0.717, 1.165) is 5.56 Å². The smallest absolute Gasteiger partial charge is 0.328 e. The summed E-state index contributed by atoms with van der Waals surface area (Å²) in [5.74, 6) is 0.995. The monoisotopic (exact) mass is 286 g/mol. The van der Waals surface area contributed by atoms with Crippen LogP contribution in [0.2, 0.25) is 0 Å². The summed E-state index contributed by atoms with van der Waals surface area (Å²) < 4.78 is 4.94. The summed E-state index contributed by atoms with van der Waals surface area (Å²) in [6.45, 7) is 3.81. The van der Waals surface area contributed by atoms with Gasteiger partial charge in [-0.3, -0.25) is 0 Å². The van der Waals surface area contributed by atoms with Crippen LogP contribution in [0.4, 0.5) is 11.6 Å². The highest BCUT2D eigenvalue weighted by Crippen LogP contribution is 2.19. The van der Waals surface area contributed by atoms with E-state index < -0.39 is 6.04 Å². The van der Waals surface area contributed by atoms with Gasteiger partial charge in [-0.1, -0.05) is 30.3 Å². The number of carbonyl (C=O) groups excluding carboxylic acids is 1. The highest BCUT2D eigenvalue weighted by molar-refractivity contribution is 5.78. The van der Waals surface area contributed by atoms with Crippen LogP contribution in [0, 0.1) is 0 Å². The fourth-order valence-electron chi connectivity index (χ4n) is 1.80. The van der Waals surface area contributed by atoms with Crippen molar-refractivity contribution in [1.82, 2.24) is 9.97 Å². The van der Waals surface area contributed by atoms with Crippen molar-refractivity contribution >= 4 is 17.6 Å². The number of hydrogen-bond donors (Lipinski definition) is 2. The standard InChI is InChI=1S/C15H18N4O2/c1-3-21-15(20)10(2)17-13-9-12(16)18-14(19-13)11-7-5-4-6-8-11/h4-10H,3H2,1-2H3,(H3,16,17,18,19). The second-order valence-electron chi connectivity index (χ2n) is 4.49. The molecule has 21 heavy (non-hydrogen) atoms. The van der Waals surface area contributed by atoms with Crippen LogP contribution in [0.5, 0.6) is 0 Å². The molecule has 0 bridgehead atoms. The number of nitrogens with zero attached hydrogens (tertiary/aromatic N) is 2. The first kappa shape index (κ1) is 14.8. The van der Waals surface area contributed by atoms with Gasteiger partial charge in [0.15, 0.2) is 5.82 Å². The molecular formula is C15H18N4O2. The van der Waals surface area contributed by atoms with Crippen LogP contribution in [0.25, 0.3) is 11.4 Å². The molecule has 0 fully saturated rings. The van der Waals surface area contributed by atoms with Crippen LogP contribution in [-0.4, -0.2) is 28.6 Å². The summed E-state index contributed by atoms with van der Waals surface area (Å²) in [5, 5.41) is 2.97. The molecule has 0 saturated heterocycles. The minimum atomic E-state index is -0.511. The lowest BCUT2D eigenvalue weighted by Crippen LogP contribution is -2.28. The molecule has 1 aromatic heterocycles. The molecule has 0 radical (unpaired) electrons. The normalized spacial score (nSPS) is 11.7. The van der Waals surface area contributed by atoms with Crippen molar-refractivity contribution in [2.75, 3.05) is 17.7 Å². The SMILES string of the molecule is CCOC(=O)C(C)Nc1cc(N)nc(-c2ccccc2)n1. The van der Waals surface area contributed by atoms with E-state index in [2.05, 4.69) is 15.3 Å². The summed E-state index contributed by atoms with van der Waals surface area (Å²) in [5.41, 5.74) is 6.66. The third-order valence-electron chi connectivity index (χ3n) is 2.78. The van der Waals surface area contributed by atoms with E-state index >= 15 is 0 Å². The Bertz CT molecular complexity index is 616. The van der Waals surface area contributed by atoms with E-state index in [1.165, 1.54) is 0 Å². The highest BCUT2D eigenvalue weighted by Gasteiger charge is 2.15. The maximum Gasteiger partial charge on any atom is 0.328 e. The van der Waals surface area contributed by atoms with E-state index in [4.69, 9.17) is 10.5 Å². The summed E-state index contributed by atoms with van der Waals surface area (Å²) in [6.07, 6.45) is 0. The number of nitrogen functional groups attached to an aromatic ring is 1. The zero-order chi connectivity index (χ0) is 15.2. The van der Waals surface area contributed by atoms with Crippen molar-refractivity contribution in [2.45, 2.75) is 19.9 Å². The van der Waals surface area contributed by atoms with Crippen LogP contribution in [0.3, 0.4) is 0 Å². The molecule has 2 aromatic rings. The van der Waals surface area contributed by atoms with Crippen LogP contribution in [0.1, 0.15) is 13.8 Å². The third-order valence-corrected chi connectivity index (χ3v) is 2.78. The van der Waals surface area contributed by atoms with E-state index in [1.807, 2.05) is 30.3 Å². The first-order valence-corrected chi connectivity index (χ1v) is 6.73. The van der Waals surface area contributed by atoms with Crippen molar-refractivity contribution in [3.8, 4) is 11.4 Å². The second kappa shape index (κ2) is 6.69. The number of nitrogens with two attached hydrogens (primary N) is 1. The van der Waals surface area contributed by atoms with Crippen LogP contribution >= 0.6 is 0 Å². The highest BCUT2D eigenvalue weighted by atomic mass is 16.5. The Labute approximate surface area is 123 Å². The molecule has 1 unspecified atom stereocenters. The van der Waals surface area contributed by atoms with Gasteiger partial charge in [0.2, 0.25) is 0 Å². The van der Waals surface area contributed by atoms with Crippen molar-refractivity contribution < 1.29 is 9.53 Å². The number of esters is 1. The topological polar surface area (TPSA) is 90.1 Å². The minimum absolute atomic E-state index is 0.336. The van der Waals surface area contributed by atoms with E-state index in [0.29, 0.717) is 24.1 Å². The third kappa shape index (κ3) is 3.92. The number of benzene rings is 1. The van der Waals surface area contributed by atoms with Crippen LogP contribution < -0.4 is 11.1 Å². The van der Waals surface area contributed by atoms with Crippen molar-refractivity contribution in [3.63, 3.8) is 0 Å². The summed E-state index contributed by atoms with van der Waals surface area (Å²) in [7, 11) is 0. The number of carbonyl (C=O) groups is 1. The van der Waals surface area contributed by atoms with Crippen LogP contribution in [-0.2, 0) is 9.53 Å². The number of hydrogen-bond acceptors (Lipinski definition) is 6. The van der Waals surface area contributed by atoms with E-state index in [9.17, 15) is 4.79 Å². The molecule has 0 amide bonds. The summed E-state index contributed by atoms with van der Waals surface area (Å²) >= 11 is 0. The molecular weight excluding hydrogens is 268 g/mol. The molecule has 1 atom stereocenters. The van der Waals surface area contributed by atoms with Gasteiger partial charge in [0.05, 0.1) is 6.61 Å². The van der Waals surface area contributed by atoms with Gasteiger partial charge < -0.3 is 15.8 Å². The molecule has 1 heterocycles. The number of aromatic nitrogens is 2. The predicted octanol–water partition coefficient (Wildman–Crippen LogP) is 2.09. The average molecular weight is 286 g/mol. The largest absolute Gasteiger partial charge is 0.464 e. The predicted molar refractivity (Wildman–Crippen MR) is 81.6 cm³/mol. The quantitative estimate of drug-likeness (QED) is 0.818. The van der Waals surface area contributed by atoms with Gasteiger partial charge in [-0.15, -0.1) is 0 Å². The Morgan fingerprint density at radius 1 is 1.33 bits per heavy atom. The van der Waals surface area contributed by atoms with Gasteiger partial charge in [0.1, 0.15) is 17.7 Å². The zero-order valence-corrected chi connectivity index (χ0v) is 12.0. The molecule has 110 valence electrons. The Balaban J connectivity index is 2.22. The number of ether oxygens (including phenoxy) is 1. The maximum atomic E-state index is 11.6. The number of rotatable bonds is 5. The minimum Gasteiger partial charge on any atom is -0.464 e. The first-order chi connectivity index (χ1) is 10.1. The lowest BCUT2D eigenvalue weighted by atomic mass is 10.2. The zero-order valence-electron chi connectivity index (χ0n) is 12.0. The molecule has 0 aliphatic carbocycles. The lowest BCUT2D eigenvalue weighted by molar-refractivity contribution is -0.143. The Morgan fingerprint density at radius 3 is 2.71 bits per heavy atom. The molecule has 1 aromatic carbocycles. The molecule has 0 spiro atoms. The molecule has 0 aliphatic rings. The summed E-state index contributed by atoms with van der Waals surface area (Å²) in [6, 6.07) is 10.6. The number of nitrogens with one attached hydrogen (secondary N) is 1. The van der Waals surface area contributed by atoms with Crippen LogP contribution in [0.15, 0.2) is 36.4 Å². The average Bonchev–Trinajstić information content (AvgIpc) is 2.47. The lowest BCUT2D eigenvalue weighted by Gasteiger charge is -2.14. The van der Waals surface area contributed by atoms with E-state index in [-0.39, 0.29) is 5.97 Å². The molecule has 2 rings (SSSR count). The fourth-order valence-corrected chi connectivity index (χ4v) is 1.80. The van der Waals surface area contributed by atoms with Gasteiger partial charge >= 0.3 is 5.97 Å². The molecule has 6 nitrogen and oxygen atoms in total. The van der Waals surface area contributed by atoms with E-state index in [1.54, 1.807) is 19.9 Å². The van der Waals surface area contributed by atoms with Crippen molar-refractivity contribution in [1.29, 1.82) is 0 Å². The maximum absolute atomic E-state index is 11.6. The Kier molecular flexibility index (Phi) is 4.71. The van der Waals surface area contributed by atoms with Gasteiger partial charge in [-0.25, -0.2) is 14.8 Å².